The number of benzene rings is 2. The van der Waals surface area contributed by atoms with Crippen LogP contribution >= 0.6 is 0 Å². The van der Waals surface area contributed by atoms with Crippen LogP contribution in [0.5, 0.6) is 5.75 Å². The summed E-state index contributed by atoms with van der Waals surface area (Å²) >= 11 is 0. The number of aromatic nitrogens is 2. The lowest BCUT2D eigenvalue weighted by atomic mass is 10.1. The first kappa shape index (κ1) is 20.5. The van der Waals surface area contributed by atoms with Gasteiger partial charge >= 0.3 is 0 Å². The largest absolute Gasteiger partial charge is 0.492 e. The number of hydrogen-bond acceptors (Lipinski definition) is 3. The number of aliphatic imine (C=N–C) groups is 1. The van der Waals surface area contributed by atoms with Crippen molar-refractivity contribution in [1.29, 1.82) is 0 Å². The second kappa shape index (κ2) is 10.3. The molecule has 0 unspecified atom stereocenters. The third-order valence-corrected chi connectivity index (χ3v) is 4.73. The van der Waals surface area contributed by atoms with Crippen LogP contribution in [0.3, 0.4) is 0 Å². The van der Waals surface area contributed by atoms with E-state index >= 15 is 0 Å². The monoisotopic (exact) mass is 391 g/mol. The van der Waals surface area contributed by atoms with Gasteiger partial charge in [-0.25, -0.2) is 4.98 Å². The minimum Gasteiger partial charge on any atom is -0.492 e. The second-order valence-corrected chi connectivity index (χ2v) is 6.91. The van der Waals surface area contributed by atoms with Crippen LogP contribution in [0.25, 0.3) is 0 Å². The summed E-state index contributed by atoms with van der Waals surface area (Å²) < 4.78 is 7.92. The quantitative estimate of drug-likeness (QED) is 0.473. The van der Waals surface area contributed by atoms with Crippen molar-refractivity contribution in [3.63, 3.8) is 0 Å². The number of guanidine groups is 1. The molecule has 1 N–H and O–H groups in total. The zero-order valence-electron chi connectivity index (χ0n) is 17.4. The Morgan fingerprint density at radius 2 is 1.93 bits per heavy atom. The third kappa shape index (κ3) is 6.10. The molecule has 0 fully saturated rings. The molecule has 3 rings (SSSR count). The summed E-state index contributed by atoms with van der Waals surface area (Å²) in [7, 11) is 3.82. The van der Waals surface area contributed by atoms with Crippen LogP contribution in [-0.2, 0) is 13.1 Å². The van der Waals surface area contributed by atoms with E-state index in [0.717, 1.165) is 30.6 Å². The molecule has 0 saturated heterocycles. The van der Waals surface area contributed by atoms with Gasteiger partial charge in [0, 0.05) is 39.6 Å². The molecule has 3 aromatic rings. The Kier molecular flexibility index (Phi) is 7.28. The predicted octanol–water partition coefficient (Wildman–Crippen LogP) is 3.33. The maximum atomic E-state index is 5.78. The molecule has 0 spiro atoms. The fourth-order valence-electron chi connectivity index (χ4n) is 3.09. The number of ether oxygens (including phenoxy) is 1. The lowest BCUT2D eigenvalue weighted by molar-refractivity contribution is 0.281. The molecular weight excluding hydrogens is 362 g/mol. The predicted molar refractivity (Wildman–Crippen MR) is 117 cm³/mol. The van der Waals surface area contributed by atoms with E-state index in [2.05, 4.69) is 49.0 Å². The average molecular weight is 392 g/mol. The molecular formula is C23H29N5O. The average Bonchev–Trinajstić information content (AvgIpc) is 3.14. The van der Waals surface area contributed by atoms with Crippen LogP contribution in [0.2, 0.25) is 0 Å². The Hall–Kier alpha value is -3.28. The van der Waals surface area contributed by atoms with E-state index in [1.54, 1.807) is 7.05 Å². The van der Waals surface area contributed by atoms with E-state index in [1.807, 2.05) is 56.7 Å². The fraction of sp³-hybridized carbons (Fsp3) is 0.304. The summed E-state index contributed by atoms with van der Waals surface area (Å²) in [5, 5.41) is 3.43. The van der Waals surface area contributed by atoms with E-state index in [0.29, 0.717) is 13.2 Å². The van der Waals surface area contributed by atoms with Crippen molar-refractivity contribution in [2.24, 2.45) is 4.99 Å². The number of para-hydroxylation sites is 1. The first-order chi connectivity index (χ1) is 14.2. The molecule has 0 atom stereocenters. The smallest absolute Gasteiger partial charge is 0.193 e. The van der Waals surface area contributed by atoms with Gasteiger partial charge in [0.05, 0.1) is 6.54 Å². The minimum absolute atomic E-state index is 0.598. The summed E-state index contributed by atoms with van der Waals surface area (Å²) in [4.78, 5) is 10.7. The maximum Gasteiger partial charge on any atom is 0.193 e. The Balaban J connectivity index is 1.49. The van der Waals surface area contributed by atoms with E-state index in [4.69, 9.17) is 4.74 Å². The molecule has 0 amide bonds. The molecule has 0 radical (unpaired) electrons. The normalized spacial score (nSPS) is 11.3. The van der Waals surface area contributed by atoms with E-state index < -0.39 is 0 Å². The molecule has 29 heavy (non-hydrogen) atoms. The molecule has 0 aliphatic carbocycles. The van der Waals surface area contributed by atoms with Crippen LogP contribution in [-0.4, -0.2) is 47.7 Å². The van der Waals surface area contributed by atoms with E-state index in [9.17, 15) is 0 Å². The zero-order chi connectivity index (χ0) is 20.5. The molecule has 0 aliphatic rings. The first-order valence-corrected chi connectivity index (χ1v) is 9.81. The van der Waals surface area contributed by atoms with Crippen LogP contribution < -0.4 is 10.1 Å². The maximum absolute atomic E-state index is 5.78. The topological polar surface area (TPSA) is 54.7 Å². The Bertz CT molecular complexity index is 920. The number of imidazole rings is 1. The summed E-state index contributed by atoms with van der Waals surface area (Å²) in [6, 6.07) is 18.4. The molecule has 0 saturated carbocycles. The first-order valence-electron chi connectivity index (χ1n) is 9.81. The number of aryl methyl sites for hydroxylation is 1. The van der Waals surface area contributed by atoms with Gasteiger partial charge in [-0.1, -0.05) is 42.5 Å². The highest BCUT2D eigenvalue weighted by Gasteiger charge is 2.07. The Labute approximate surface area is 172 Å². The molecule has 6 nitrogen and oxygen atoms in total. The van der Waals surface area contributed by atoms with Gasteiger partial charge in [0.2, 0.25) is 0 Å². The van der Waals surface area contributed by atoms with Gasteiger partial charge in [-0.15, -0.1) is 0 Å². The Morgan fingerprint density at radius 1 is 1.14 bits per heavy atom. The summed E-state index contributed by atoms with van der Waals surface area (Å²) in [5.74, 6) is 2.75. The van der Waals surface area contributed by atoms with Gasteiger partial charge in [-0.3, -0.25) is 4.99 Å². The van der Waals surface area contributed by atoms with E-state index in [1.165, 1.54) is 11.1 Å². The minimum atomic E-state index is 0.598. The summed E-state index contributed by atoms with van der Waals surface area (Å²) in [6.45, 7) is 4.90. The van der Waals surface area contributed by atoms with Gasteiger partial charge < -0.3 is 19.5 Å². The van der Waals surface area contributed by atoms with Crippen LogP contribution in [0.4, 0.5) is 0 Å². The molecule has 6 heteroatoms. The molecule has 1 heterocycles. The van der Waals surface area contributed by atoms with Crippen molar-refractivity contribution in [1.82, 2.24) is 19.8 Å². The fourth-order valence-corrected chi connectivity index (χ4v) is 3.09. The number of nitrogens with one attached hydrogen (secondary N) is 1. The third-order valence-electron chi connectivity index (χ3n) is 4.73. The van der Waals surface area contributed by atoms with Crippen molar-refractivity contribution >= 4 is 5.96 Å². The van der Waals surface area contributed by atoms with E-state index in [-0.39, 0.29) is 0 Å². The SMILES string of the molecule is CN=C(NCc1cccc(Cn2ccnc2C)c1)N(C)CCOc1ccccc1. The molecule has 1 aromatic heterocycles. The highest BCUT2D eigenvalue weighted by molar-refractivity contribution is 5.79. The summed E-state index contributed by atoms with van der Waals surface area (Å²) in [6.07, 6.45) is 3.84. The highest BCUT2D eigenvalue weighted by atomic mass is 16.5. The second-order valence-electron chi connectivity index (χ2n) is 6.91. The van der Waals surface area contributed by atoms with Crippen molar-refractivity contribution < 1.29 is 4.74 Å². The molecule has 0 aliphatic heterocycles. The van der Waals surface area contributed by atoms with Crippen LogP contribution in [0.1, 0.15) is 17.0 Å². The van der Waals surface area contributed by atoms with Crippen LogP contribution in [0, 0.1) is 6.92 Å². The zero-order valence-corrected chi connectivity index (χ0v) is 17.4. The highest BCUT2D eigenvalue weighted by Crippen LogP contribution is 2.10. The van der Waals surface area contributed by atoms with Gasteiger partial charge in [0.25, 0.3) is 0 Å². The van der Waals surface area contributed by atoms with Crippen molar-refractivity contribution in [3.8, 4) is 5.75 Å². The van der Waals surface area contributed by atoms with Crippen molar-refractivity contribution in [2.75, 3.05) is 27.2 Å². The van der Waals surface area contributed by atoms with Gasteiger partial charge in [0.1, 0.15) is 18.2 Å². The van der Waals surface area contributed by atoms with Crippen molar-refractivity contribution in [2.45, 2.75) is 20.0 Å². The van der Waals surface area contributed by atoms with Gasteiger partial charge in [-0.2, -0.15) is 0 Å². The summed E-state index contributed by atoms with van der Waals surface area (Å²) in [5.41, 5.74) is 2.47. The van der Waals surface area contributed by atoms with Gasteiger partial charge in [0.15, 0.2) is 5.96 Å². The number of rotatable bonds is 8. The molecule has 0 bridgehead atoms. The standard InChI is InChI=1S/C23H29N5O/c1-19-25-12-13-28(19)18-21-9-7-8-20(16-21)17-26-23(24-2)27(3)14-15-29-22-10-5-4-6-11-22/h4-13,16H,14-15,17-18H2,1-3H3,(H,24,26). The number of nitrogens with zero attached hydrogens (tertiary/aromatic N) is 4. The molecule has 2 aromatic carbocycles. The lowest BCUT2D eigenvalue weighted by Crippen LogP contribution is -2.40. The molecule has 152 valence electrons. The van der Waals surface area contributed by atoms with Gasteiger partial charge in [-0.05, 0) is 30.2 Å². The number of likely N-dealkylation sites (N-methyl/N-ethyl adjacent to an activating group) is 1. The Morgan fingerprint density at radius 3 is 2.66 bits per heavy atom. The number of hydrogen-bond donors (Lipinski definition) is 1. The lowest BCUT2D eigenvalue weighted by Gasteiger charge is -2.22. The van der Waals surface area contributed by atoms with Crippen molar-refractivity contribution in [3.05, 3.63) is 83.9 Å². The van der Waals surface area contributed by atoms with Crippen LogP contribution in [0.15, 0.2) is 72.0 Å².